The van der Waals surface area contributed by atoms with Crippen LogP contribution < -0.4 is 10.4 Å². The fourth-order valence-corrected chi connectivity index (χ4v) is 19.7. The maximum absolute atomic E-state index is 13.2. The number of ether oxygens (including phenoxy) is 2. The first-order valence-electron chi connectivity index (χ1n) is 32.1. The van der Waals surface area contributed by atoms with Gasteiger partial charge in [-0.05, 0) is 121 Å². The molecule has 454 valence electrons. The molecule has 0 unspecified atom stereocenters. The molecule has 0 N–H and O–H groups in total. The molecule has 0 saturated carbocycles. The van der Waals surface area contributed by atoms with Crippen LogP contribution in [0.5, 0.6) is 0 Å². The van der Waals surface area contributed by atoms with Crippen LogP contribution in [0.25, 0.3) is 0 Å². The number of hydrogen-bond donors (Lipinski definition) is 0. The van der Waals surface area contributed by atoms with Crippen molar-refractivity contribution in [3.05, 3.63) is 72.3 Å². The van der Waals surface area contributed by atoms with Crippen LogP contribution in [0.2, 0.25) is 59.4 Å². The Kier molecular flexibility index (Phi) is 27.5. The van der Waals surface area contributed by atoms with E-state index in [0.717, 1.165) is 69.8 Å². The summed E-state index contributed by atoms with van der Waals surface area (Å²) in [5.41, 5.74) is 0.736. The minimum Gasteiger partial charge on any atom is -0.455 e. The van der Waals surface area contributed by atoms with Crippen LogP contribution in [0.4, 0.5) is 0 Å². The van der Waals surface area contributed by atoms with Crippen LogP contribution in [0, 0.1) is 11.8 Å². The normalized spacial score (nSPS) is 20.2. The molecule has 2 aromatic carbocycles. The van der Waals surface area contributed by atoms with Crippen molar-refractivity contribution in [3.8, 4) is 11.8 Å². The zero-order chi connectivity index (χ0) is 59.6. The summed E-state index contributed by atoms with van der Waals surface area (Å²) < 4.78 is 42.6. The Bertz CT molecular complexity index is 2170. The van der Waals surface area contributed by atoms with E-state index < -0.39 is 33.3 Å². The molecule has 7 atom stereocenters. The molecule has 2 aliphatic heterocycles. The number of esters is 1. The molecule has 4 rings (SSSR count). The summed E-state index contributed by atoms with van der Waals surface area (Å²) in [7, 11) is -9.21. The van der Waals surface area contributed by atoms with Gasteiger partial charge >= 0.3 is 5.97 Å². The summed E-state index contributed by atoms with van der Waals surface area (Å²) >= 11 is 0. The van der Waals surface area contributed by atoms with Crippen LogP contribution in [0.15, 0.2) is 72.3 Å². The van der Waals surface area contributed by atoms with Gasteiger partial charge in [0.2, 0.25) is 0 Å². The van der Waals surface area contributed by atoms with Crippen molar-refractivity contribution < 1.29 is 32.0 Å². The molecular weight excluding hydrogens is 1050 g/mol. The van der Waals surface area contributed by atoms with Crippen LogP contribution in [0.3, 0.4) is 0 Å². The predicted octanol–water partition coefficient (Wildman–Crippen LogP) is 19.0. The molecule has 0 radical (unpaired) electrons. The number of cyclic esters (lactones) is 1. The molecule has 11 heteroatoms. The number of carbonyl (C=O) groups excluding carboxylic acids is 1. The molecule has 0 spiro atoms. The van der Waals surface area contributed by atoms with E-state index >= 15 is 0 Å². The second-order valence-electron chi connectivity index (χ2n) is 29.9. The Balaban J connectivity index is 1.54. The van der Waals surface area contributed by atoms with Crippen molar-refractivity contribution in [2.75, 3.05) is 0 Å². The van der Waals surface area contributed by atoms with Gasteiger partial charge in [0.25, 0.3) is 8.32 Å². The zero-order valence-corrected chi connectivity index (χ0v) is 59.1. The number of benzene rings is 2. The molecule has 7 nitrogen and oxygen atoms in total. The number of unbranched alkanes of at least 4 members (excludes halogenated alkanes) is 11. The third-order valence-corrected chi connectivity index (χ3v) is 37.6. The van der Waals surface area contributed by atoms with Crippen molar-refractivity contribution >= 4 is 49.6 Å². The number of carbonyl (C=O) groups is 1. The Hall–Kier alpha value is -2.12. The zero-order valence-electron chi connectivity index (χ0n) is 55.1. The van der Waals surface area contributed by atoms with Gasteiger partial charge in [0.05, 0.1) is 24.4 Å². The largest absolute Gasteiger partial charge is 0.455 e. The second-order valence-corrected chi connectivity index (χ2v) is 48.4. The summed E-state index contributed by atoms with van der Waals surface area (Å²) in [6.07, 6.45) is 24.7. The van der Waals surface area contributed by atoms with Crippen molar-refractivity contribution in [1.29, 1.82) is 0 Å². The van der Waals surface area contributed by atoms with Gasteiger partial charge in [0.1, 0.15) is 12.2 Å². The molecule has 0 aromatic heterocycles. The first kappa shape index (κ1) is 70.4. The minimum absolute atomic E-state index is 0.0405. The lowest BCUT2D eigenvalue weighted by Crippen LogP contribution is -2.67. The summed E-state index contributed by atoms with van der Waals surface area (Å²) in [6, 6.07) is 21.7. The summed E-state index contributed by atoms with van der Waals surface area (Å²) in [5.74, 6) is 7.28. The molecule has 2 aliphatic rings. The fraction of sp³-hybridized carbons (Fsp3) is 0.754. The molecule has 80 heavy (non-hydrogen) atoms. The van der Waals surface area contributed by atoms with Gasteiger partial charge in [0, 0.05) is 24.5 Å². The van der Waals surface area contributed by atoms with Gasteiger partial charge in [0.15, 0.2) is 25.0 Å². The molecule has 0 aliphatic carbocycles. The van der Waals surface area contributed by atoms with Crippen LogP contribution in [-0.2, 0) is 32.0 Å². The Morgan fingerprint density at radius 1 is 0.575 bits per heavy atom. The smallest absolute Gasteiger partial charge is 0.334 e. The topological polar surface area (TPSA) is 72.5 Å². The van der Waals surface area contributed by atoms with Crippen molar-refractivity contribution in [2.24, 2.45) is 0 Å². The summed E-state index contributed by atoms with van der Waals surface area (Å²) in [5, 5.41) is 2.59. The summed E-state index contributed by atoms with van der Waals surface area (Å²) in [6.45, 7) is 46.6. The van der Waals surface area contributed by atoms with E-state index in [1.54, 1.807) is 0 Å². The van der Waals surface area contributed by atoms with Crippen LogP contribution in [-0.4, -0.2) is 82.0 Å². The first-order chi connectivity index (χ1) is 37.2. The van der Waals surface area contributed by atoms with Crippen LogP contribution in [0.1, 0.15) is 232 Å². The van der Waals surface area contributed by atoms with Gasteiger partial charge in [-0.3, -0.25) is 0 Å². The maximum atomic E-state index is 13.2. The lowest BCUT2D eigenvalue weighted by Gasteiger charge is -2.46. The first-order valence-corrected chi connectivity index (χ1v) is 42.8. The van der Waals surface area contributed by atoms with E-state index in [-0.39, 0.29) is 68.9 Å². The predicted molar refractivity (Wildman–Crippen MR) is 351 cm³/mol. The lowest BCUT2D eigenvalue weighted by molar-refractivity contribution is -0.139. The molecule has 0 bridgehead atoms. The molecule has 2 aromatic rings. The quantitative estimate of drug-likeness (QED) is 0.0313. The van der Waals surface area contributed by atoms with Gasteiger partial charge in [-0.1, -0.05) is 240 Å². The molecule has 0 amide bonds. The van der Waals surface area contributed by atoms with E-state index in [1.807, 2.05) is 13.0 Å². The van der Waals surface area contributed by atoms with Gasteiger partial charge < -0.3 is 27.2 Å². The monoisotopic (exact) mass is 1170 g/mol. The fourth-order valence-electron chi connectivity index (χ4n) is 10.9. The SMILES string of the molecule is CCCCCCCCCCCC[C@H]1O[C@@H]([C@@H](C#CCC[C@@H](CCCCC[C@H](CC2=C[C@H](C)OC2=O)O[Si](c2ccccc2)(c2ccccc2)C(C)(C)C)O[Si](C)(C)C(C)(C)C)O[Si](C)(C)C(C)(C)C)CC[C@H]1O[Si](C)(C)C(C)(C)C. The maximum Gasteiger partial charge on any atom is 0.334 e. The molecule has 1 fully saturated rings. The van der Waals surface area contributed by atoms with E-state index in [4.69, 9.17) is 27.2 Å². The Labute approximate surface area is 496 Å². The van der Waals surface area contributed by atoms with Crippen molar-refractivity contribution in [2.45, 2.75) is 334 Å². The molecule has 2 heterocycles. The highest BCUT2D eigenvalue weighted by molar-refractivity contribution is 6.99. The number of rotatable bonds is 32. The van der Waals surface area contributed by atoms with E-state index in [1.165, 1.54) is 74.6 Å². The Morgan fingerprint density at radius 2 is 1.06 bits per heavy atom. The van der Waals surface area contributed by atoms with E-state index in [2.05, 4.69) is 202 Å². The van der Waals surface area contributed by atoms with E-state index in [9.17, 15) is 4.79 Å². The lowest BCUT2D eigenvalue weighted by atomic mass is 9.94. The highest BCUT2D eigenvalue weighted by atomic mass is 28.4. The van der Waals surface area contributed by atoms with Crippen molar-refractivity contribution in [3.63, 3.8) is 0 Å². The highest BCUT2D eigenvalue weighted by Crippen LogP contribution is 2.44. The van der Waals surface area contributed by atoms with E-state index in [0.29, 0.717) is 6.42 Å². The third-order valence-electron chi connectivity index (χ3n) is 19.0. The van der Waals surface area contributed by atoms with Gasteiger partial charge in [-0.2, -0.15) is 0 Å². The highest BCUT2D eigenvalue weighted by Gasteiger charge is 2.52. The van der Waals surface area contributed by atoms with Crippen molar-refractivity contribution in [1.82, 2.24) is 0 Å². The van der Waals surface area contributed by atoms with Gasteiger partial charge in [-0.15, -0.1) is 5.92 Å². The average molecular weight is 1170 g/mol. The van der Waals surface area contributed by atoms with Crippen LogP contribution >= 0.6 is 0 Å². The molecular formula is C69H120O7Si4. The summed E-state index contributed by atoms with van der Waals surface area (Å²) in [4.78, 5) is 13.2. The standard InChI is InChI=1S/C69H120O7Si4/c1-21-22-23-24-25-26-27-28-29-39-49-61-64(76-79(19,20)68(9,10)11)52-51-62(72-61)63(75-78(17,18)67(6,7)8)50-41-40-43-57(73-77(15,16)66(3,4)5)42-33-30-34-44-58(54-56-53-55(2)71-65(56)70)74-80(69(12,13)14,59-45-35-31-36-46-59)60-47-37-32-38-48-60/h31-32,35-38,45-48,53,55,57-58,61-64H,21-30,33-34,39-40,42-44,49,51-52,54H2,1-20H3/t55-,57+,58+,61+,62+,63+,64+/m0/s1. The van der Waals surface area contributed by atoms with Gasteiger partial charge in [-0.25, -0.2) is 4.79 Å². The third kappa shape index (κ3) is 21.1. The molecule has 1 saturated heterocycles. The number of hydrogen-bond acceptors (Lipinski definition) is 7. The Morgan fingerprint density at radius 3 is 1.55 bits per heavy atom. The second kappa shape index (κ2) is 31.3. The average Bonchev–Trinajstić information content (AvgIpc) is 3.73. The minimum atomic E-state index is -2.88.